The number of rotatable bonds is 3. The molecule has 1 unspecified atom stereocenters. The number of carbonyl (C=O) groups excluding carboxylic acids is 1. The summed E-state index contributed by atoms with van der Waals surface area (Å²) in [6.45, 7) is 0.753. The van der Waals surface area contributed by atoms with Crippen molar-refractivity contribution in [1.29, 1.82) is 0 Å². The lowest BCUT2D eigenvalue weighted by molar-refractivity contribution is -0.123. The van der Waals surface area contributed by atoms with E-state index < -0.39 is 0 Å². The minimum atomic E-state index is -0.301. The summed E-state index contributed by atoms with van der Waals surface area (Å²) in [6.07, 6.45) is 4.42. The number of fused-ring (bicyclic) bond motifs is 1. The fourth-order valence-electron chi connectivity index (χ4n) is 2.91. The van der Waals surface area contributed by atoms with E-state index in [9.17, 15) is 4.79 Å². The number of hydrogen-bond acceptors (Lipinski definition) is 3. The van der Waals surface area contributed by atoms with Crippen LogP contribution in [0, 0.1) is 0 Å². The van der Waals surface area contributed by atoms with E-state index in [0.717, 1.165) is 24.2 Å². The Morgan fingerprint density at radius 1 is 1.24 bits per heavy atom. The Morgan fingerprint density at radius 2 is 2.05 bits per heavy atom. The second-order valence-corrected chi connectivity index (χ2v) is 5.52. The number of likely N-dealkylation sites (N-methyl/N-ethyl adjacent to an activating group) is 1. The van der Waals surface area contributed by atoms with Gasteiger partial charge >= 0.3 is 0 Å². The third-order valence-corrected chi connectivity index (χ3v) is 3.90. The van der Waals surface area contributed by atoms with Crippen LogP contribution in [0.15, 0.2) is 48.8 Å². The maximum absolute atomic E-state index is 13.0. The highest BCUT2D eigenvalue weighted by molar-refractivity contribution is 5.99. The number of para-hydroxylation sites is 1. The van der Waals surface area contributed by atoms with Crippen molar-refractivity contribution in [3.05, 3.63) is 59.9 Å². The molecule has 0 saturated carbocycles. The maximum atomic E-state index is 13.0. The first-order chi connectivity index (χ1) is 10.2. The van der Waals surface area contributed by atoms with Crippen molar-refractivity contribution in [2.75, 3.05) is 25.5 Å². The predicted octanol–water partition coefficient (Wildman–Crippen LogP) is 2.27. The van der Waals surface area contributed by atoms with Crippen LogP contribution in [-0.4, -0.2) is 36.4 Å². The largest absolute Gasteiger partial charge is 0.310 e. The summed E-state index contributed by atoms with van der Waals surface area (Å²) in [5, 5.41) is 0. The maximum Gasteiger partial charge on any atom is 0.248 e. The summed E-state index contributed by atoms with van der Waals surface area (Å²) in [7, 11) is 3.86. The van der Waals surface area contributed by atoms with E-state index in [2.05, 4.69) is 11.1 Å². The van der Waals surface area contributed by atoms with Crippen LogP contribution in [0.3, 0.4) is 0 Å². The van der Waals surface area contributed by atoms with E-state index in [1.54, 1.807) is 12.4 Å². The molecule has 4 heteroatoms. The molecule has 0 aliphatic carbocycles. The van der Waals surface area contributed by atoms with Gasteiger partial charge in [0.25, 0.3) is 0 Å². The SMILES string of the molecule is CN(C)C(C(=O)N1CCc2ccccc21)c1cccnc1. The lowest BCUT2D eigenvalue weighted by Crippen LogP contribution is -2.39. The Balaban J connectivity index is 1.93. The van der Waals surface area contributed by atoms with Gasteiger partial charge in [-0.25, -0.2) is 0 Å². The summed E-state index contributed by atoms with van der Waals surface area (Å²) in [4.78, 5) is 21.0. The second-order valence-electron chi connectivity index (χ2n) is 5.52. The van der Waals surface area contributed by atoms with Gasteiger partial charge in [-0.1, -0.05) is 24.3 Å². The first-order valence-electron chi connectivity index (χ1n) is 7.14. The highest BCUT2D eigenvalue weighted by Crippen LogP contribution is 2.31. The van der Waals surface area contributed by atoms with Crippen molar-refractivity contribution in [2.24, 2.45) is 0 Å². The van der Waals surface area contributed by atoms with Gasteiger partial charge in [-0.2, -0.15) is 0 Å². The molecule has 2 aromatic rings. The molecule has 1 aliphatic rings. The molecule has 0 saturated heterocycles. The van der Waals surface area contributed by atoms with Gasteiger partial charge in [0.1, 0.15) is 6.04 Å². The minimum absolute atomic E-state index is 0.109. The van der Waals surface area contributed by atoms with E-state index in [1.807, 2.05) is 54.2 Å². The Morgan fingerprint density at radius 3 is 2.76 bits per heavy atom. The summed E-state index contributed by atoms with van der Waals surface area (Å²) in [6, 6.07) is 11.7. The van der Waals surface area contributed by atoms with Crippen molar-refractivity contribution < 1.29 is 4.79 Å². The van der Waals surface area contributed by atoms with E-state index in [0.29, 0.717) is 0 Å². The lowest BCUT2D eigenvalue weighted by atomic mass is 10.1. The van der Waals surface area contributed by atoms with Crippen molar-refractivity contribution in [1.82, 2.24) is 9.88 Å². The van der Waals surface area contributed by atoms with Crippen LogP contribution in [0.25, 0.3) is 0 Å². The van der Waals surface area contributed by atoms with Crippen LogP contribution in [0.1, 0.15) is 17.2 Å². The Bertz CT molecular complexity index is 639. The molecular formula is C17H19N3O. The van der Waals surface area contributed by atoms with E-state index in [-0.39, 0.29) is 11.9 Å². The normalized spacial score (nSPS) is 15.1. The second kappa shape index (κ2) is 5.66. The molecule has 0 bridgehead atoms. The molecule has 1 aliphatic heterocycles. The van der Waals surface area contributed by atoms with Gasteiger partial charge in [0, 0.05) is 24.6 Å². The van der Waals surface area contributed by atoms with E-state index in [4.69, 9.17) is 0 Å². The molecule has 108 valence electrons. The van der Waals surface area contributed by atoms with Gasteiger partial charge < -0.3 is 4.90 Å². The molecule has 1 amide bonds. The minimum Gasteiger partial charge on any atom is -0.310 e. The van der Waals surface area contributed by atoms with E-state index in [1.165, 1.54) is 5.56 Å². The van der Waals surface area contributed by atoms with Crippen molar-refractivity contribution in [3.63, 3.8) is 0 Å². The lowest BCUT2D eigenvalue weighted by Gasteiger charge is -2.28. The Kier molecular flexibility index (Phi) is 3.71. The van der Waals surface area contributed by atoms with Crippen LogP contribution in [-0.2, 0) is 11.2 Å². The number of benzene rings is 1. The molecule has 1 aromatic carbocycles. The molecule has 0 N–H and O–H groups in total. The third-order valence-electron chi connectivity index (χ3n) is 3.90. The zero-order chi connectivity index (χ0) is 14.8. The topological polar surface area (TPSA) is 36.4 Å². The van der Waals surface area contributed by atoms with Crippen LogP contribution in [0.4, 0.5) is 5.69 Å². The number of anilines is 1. The smallest absolute Gasteiger partial charge is 0.248 e. The summed E-state index contributed by atoms with van der Waals surface area (Å²) >= 11 is 0. The average molecular weight is 281 g/mol. The number of carbonyl (C=O) groups is 1. The van der Waals surface area contributed by atoms with E-state index >= 15 is 0 Å². The average Bonchev–Trinajstić information content (AvgIpc) is 2.92. The Labute approximate surface area is 125 Å². The fraction of sp³-hybridized carbons (Fsp3) is 0.294. The molecule has 0 fully saturated rings. The van der Waals surface area contributed by atoms with Crippen molar-refractivity contribution in [2.45, 2.75) is 12.5 Å². The first-order valence-corrected chi connectivity index (χ1v) is 7.14. The number of aromatic nitrogens is 1. The predicted molar refractivity (Wildman–Crippen MR) is 83.2 cm³/mol. The molecule has 1 aromatic heterocycles. The Hall–Kier alpha value is -2.20. The zero-order valence-corrected chi connectivity index (χ0v) is 12.4. The number of amides is 1. The fourth-order valence-corrected chi connectivity index (χ4v) is 2.91. The zero-order valence-electron chi connectivity index (χ0n) is 12.4. The van der Waals surface area contributed by atoms with Crippen LogP contribution in [0.2, 0.25) is 0 Å². The van der Waals surface area contributed by atoms with Gasteiger partial charge in [0.05, 0.1) is 0 Å². The quantitative estimate of drug-likeness (QED) is 0.866. The molecule has 2 heterocycles. The monoisotopic (exact) mass is 281 g/mol. The van der Waals surface area contributed by atoms with Crippen molar-refractivity contribution in [3.8, 4) is 0 Å². The van der Waals surface area contributed by atoms with Crippen LogP contribution >= 0.6 is 0 Å². The number of hydrogen-bond donors (Lipinski definition) is 0. The number of nitrogens with zero attached hydrogens (tertiary/aromatic N) is 3. The molecule has 4 nitrogen and oxygen atoms in total. The molecular weight excluding hydrogens is 262 g/mol. The summed E-state index contributed by atoms with van der Waals surface area (Å²) in [5.74, 6) is 0.109. The van der Waals surface area contributed by atoms with Gasteiger partial charge in [0.15, 0.2) is 0 Å². The standard InChI is InChI=1S/C17H19N3O/c1-19(2)16(14-7-5-10-18-12-14)17(21)20-11-9-13-6-3-4-8-15(13)20/h3-8,10,12,16H,9,11H2,1-2H3. The molecule has 0 radical (unpaired) electrons. The van der Waals surface area contributed by atoms with Gasteiger partial charge in [-0.15, -0.1) is 0 Å². The van der Waals surface area contributed by atoms with Crippen LogP contribution in [0.5, 0.6) is 0 Å². The van der Waals surface area contributed by atoms with Gasteiger partial charge in [-0.05, 0) is 43.8 Å². The summed E-state index contributed by atoms with van der Waals surface area (Å²) < 4.78 is 0. The van der Waals surface area contributed by atoms with Crippen LogP contribution < -0.4 is 4.90 Å². The molecule has 1 atom stereocenters. The summed E-state index contributed by atoms with van der Waals surface area (Å²) in [5.41, 5.74) is 3.21. The van der Waals surface area contributed by atoms with Gasteiger partial charge in [0.2, 0.25) is 5.91 Å². The highest BCUT2D eigenvalue weighted by atomic mass is 16.2. The molecule has 3 rings (SSSR count). The third kappa shape index (κ3) is 2.54. The number of pyridine rings is 1. The molecule has 21 heavy (non-hydrogen) atoms. The first kappa shape index (κ1) is 13.8. The van der Waals surface area contributed by atoms with Gasteiger partial charge in [-0.3, -0.25) is 14.7 Å². The molecule has 0 spiro atoms. The van der Waals surface area contributed by atoms with Crippen molar-refractivity contribution >= 4 is 11.6 Å². The highest BCUT2D eigenvalue weighted by Gasteiger charge is 2.32.